The van der Waals surface area contributed by atoms with Crippen molar-refractivity contribution in [2.75, 3.05) is 32.8 Å². The highest BCUT2D eigenvalue weighted by Gasteiger charge is 2.25. The monoisotopic (exact) mass is 482 g/mol. The summed E-state index contributed by atoms with van der Waals surface area (Å²) in [4.78, 5) is 21.9. The lowest BCUT2D eigenvalue weighted by molar-refractivity contribution is -0.136. The molecule has 0 atom stereocenters. The van der Waals surface area contributed by atoms with Crippen LogP contribution in [-0.2, 0) is 11.3 Å². The lowest BCUT2D eigenvalue weighted by atomic mass is 10.1. The zero-order valence-electron chi connectivity index (χ0n) is 21.4. The van der Waals surface area contributed by atoms with Crippen LogP contribution in [-0.4, -0.2) is 57.9 Å². The second-order valence-electron chi connectivity index (χ2n) is 9.64. The molecule has 4 aromatic rings. The molecule has 0 saturated carbocycles. The fourth-order valence-electron chi connectivity index (χ4n) is 4.88. The average Bonchev–Trinajstić information content (AvgIpc) is 3.27. The molecule has 0 spiro atoms. The molecule has 0 unspecified atom stereocenters. The molecule has 1 saturated heterocycles. The van der Waals surface area contributed by atoms with Crippen LogP contribution in [0.1, 0.15) is 26.5 Å². The molecule has 0 bridgehead atoms. The number of rotatable bonds is 7. The van der Waals surface area contributed by atoms with E-state index in [0.717, 1.165) is 66.5 Å². The molecule has 1 amide bonds. The lowest BCUT2D eigenvalue weighted by Crippen LogP contribution is -2.49. The van der Waals surface area contributed by atoms with Crippen LogP contribution >= 0.6 is 0 Å². The van der Waals surface area contributed by atoms with Gasteiger partial charge in [-0.25, -0.2) is 4.98 Å². The number of pyridine rings is 1. The van der Waals surface area contributed by atoms with Gasteiger partial charge in [0.1, 0.15) is 11.4 Å². The Balaban J connectivity index is 1.50. The number of amides is 1. The van der Waals surface area contributed by atoms with E-state index < -0.39 is 0 Å². The van der Waals surface area contributed by atoms with E-state index in [2.05, 4.69) is 64.0 Å². The van der Waals surface area contributed by atoms with E-state index in [0.29, 0.717) is 6.61 Å². The van der Waals surface area contributed by atoms with Crippen molar-refractivity contribution in [3.05, 3.63) is 78.6 Å². The smallest absolute Gasteiger partial charge is 0.225 e. The molecule has 5 rings (SSSR count). The van der Waals surface area contributed by atoms with E-state index in [-0.39, 0.29) is 11.8 Å². The second-order valence-corrected chi connectivity index (χ2v) is 9.64. The highest BCUT2D eigenvalue weighted by molar-refractivity contribution is 5.78. The van der Waals surface area contributed by atoms with Crippen molar-refractivity contribution < 1.29 is 9.53 Å². The predicted octanol–water partition coefficient (Wildman–Crippen LogP) is 5.37. The van der Waals surface area contributed by atoms with Crippen LogP contribution in [0.15, 0.2) is 72.9 Å². The van der Waals surface area contributed by atoms with Crippen molar-refractivity contribution in [3.63, 3.8) is 0 Å². The van der Waals surface area contributed by atoms with Crippen molar-refractivity contribution in [3.8, 4) is 28.1 Å². The third-order valence-electron chi connectivity index (χ3n) is 6.79. The first-order chi connectivity index (χ1) is 17.5. The summed E-state index contributed by atoms with van der Waals surface area (Å²) in [6, 6.07) is 22.8. The maximum Gasteiger partial charge on any atom is 0.225 e. The molecule has 0 N–H and O–H groups in total. The Morgan fingerprint density at radius 1 is 0.917 bits per heavy atom. The van der Waals surface area contributed by atoms with E-state index in [9.17, 15) is 4.79 Å². The van der Waals surface area contributed by atoms with Crippen LogP contribution in [0.25, 0.3) is 28.0 Å². The van der Waals surface area contributed by atoms with E-state index in [1.807, 2.05) is 43.9 Å². The molecule has 6 heteroatoms. The summed E-state index contributed by atoms with van der Waals surface area (Å²) in [6.07, 6.45) is 2.19. The zero-order chi connectivity index (χ0) is 25.1. The van der Waals surface area contributed by atoms with Gasteiger partial charge in [0.2, 0.25) is 5.91 Å². The Hall–Kier alpha value is -3.64. The van der Waals surface area contributed by atoms with Gasteiger partial charge in [0.05, 0.1) is 18.0 Å². The van der Waals surface area contributed by atoms with E-state index >= 15 is 0 Å². The minimum Gasteiger partial charge on any atom is -0.494 e. The van der Waals surface area contributed by atoms with Crippen LogP contribution in [0.2, 0.25) is 0 Å². The van der Waals surface area contributed by atoms with Crippen molar-refractivity contribution in [2.24, 2.45) is 5.92 Å². The number of fused-ring (bicyclic) bond motifs is 1. The Labute approximate surface area is 213 Å². The Bertz CT molecular complexity index is 1340. The van der Waals surface area contributed by atoms with Gasteiger partial charge in [-0.15, -0.1) is 0 Å². The fourth-order valence-corrected chi connectivity index (χ4v) is 4.88. The summed E-state index contributed by atoms with van der Waals surface area (Å²) in [7, 11) is 0. The van der Waals surface area contributed by atoms with Crippen molar-refractivity contribution in [1.82, 2.24) is 19.2 Å². The number of carbonyl (C=O) groups excluding carboxylic acids is 1. The molecule has 0 aliphatic carbocycles. The largest absolute Gasteiger partial charge is 0.494 e. The number of carbonyl (C=O) groups is 1. The molecule has 1 fully saturated rings. The topological polar surface area (TPSA) is 50.1 Å². The molecule has 3 heterocycles. The quantitative estimate of drug-likeness (QED) is 0.356. The SMILES string of the molecule is CCOc1cccc(-c2ccc3nc(-c4ccccc4)c(CN4CCN(C(=O)C(C)C)CC4)n3c2)c1. The normalized spacial score (nSPS) is 14.5. The van der Waals surface area contributed by atoms with Crippen molar-refractivity contribution in [1.29, 1.82) is 0 Å². The summed E-state index contributed by atoms with van der Waals surface area (Å²) in [5.74, 6) is 1.16. The number of hydrogen-bond donors (Lipinski definition) is 0. The first-order valence-corrected chi connectivity index (χ1v) is 12.8. The number of nitrogens with zero attached hydrogens (tertiary/aromatic N) is 4. The molecule has 2 aromatic carbocycles. The summed E-state index contributed by atoms with van der Waals surface area (Å²) in [5, 5.41) is 0. The number of aromatic nitrogens is 2. The van der Waals surface area contributed by atoms with Gasteiger partial charge in [-0.1, -0.05) is 56.3 Å². The number of piperazine rings is 1. The van der Waals surface area contributed by atoms with Crippen LogP contribution in [0.5, 0.6) is 5.75 Å². The van der Waals surface area contributed by atoms with Gasteiger partial charge >= 0.3 is 0 Å². The molecule has 1 aliphatic heterocycles. The van der Waals surface area contributed by atoms with Gasteiger partial charge in [-0.2, -0.15) is 0 Å². The molecular formula is C30H34N4O2. The Morgan fingerprint density at radius 2 is 1.67 bits per heavy atom. The van der Waals surface area contributed by atoms with Crippen LogP contribution in [0, 0.1) is 5.92 Å². The van der Waals surface area contributed by atoms with Gasteiger partial charge < -0.3 is 14.0 Å². The zero-order valence-corrected chi connectivity index (χ0v) is 21.4. The first-order valence-electron chi connectivity index (χ1n) is 12.8. The highest BCUT2D eigenvalue weighted by atomic mass is 16.5. The second kappa shape index (κ2) is 10.5. The average molecular weight is 483 g/mol. The summed E-state index contributed by atoms with van der Waals surface area (Å²) in [6.45, 7) is 10.6. The number of imidazole rings is 1. The third kappa shape index (κ3) is 5.00. The van der Waals surface area contributed by atoms with Crippen LogP contribution < -0.4 is 4.74 Å². The van der Waals surface area contributed by atoms with Gasteiger partial charge in [0.25, 0.3) is 0 Å². The Kier molecular flexibility index (Phi) is 7.05. The van der Waals surface area contributed by atoms with Crippen molar-refractivity contribution >= 4 is 11.6 Å². The van der Waals surface area contributed by atoms with Crippen LogP contribution in [0.4, 0.5) is 0 Å². The number of ether oxygens (including phenoxy) is 1. The molecule has 0 radical (unpaired) electrons. The molecule has 6 nitrogen and oxygen atoms in total. The minimum atomic E-state index is 0.0413. The van der Waals surface area contributed by atoms with Crippen LogP contribution in [0.3, 0.4) is 0 Å². The van der Waals surface area contributed by atoms with Gasteiger partial charge in [0.15, 0.2) is 0 Å². The third-order valence-corrected chi connectivity index (χ3v) is 6.79. The highest BCUT2D eigenvalue weighted by Crippen LogP contribution is 2.30. The first kappa shape index (κ1) is 24.1. The molecule has 2 aromatic heterocycles. The van der Waals surface area contributed by atoms with Gasteiger partial charge in [-0.3, -0.25) is 9.69 Å². The Morgan fingerprint density at radius 3 is 2.39 bits per heavy atom. The van der Waals surface area contributed by atoms with Crippen molar-refractivity contribution in [2.45, 2.75) is 27.3 Å². The minimum absolute atomic E-state index is 0.0413. The summed E-state index contributed by atoms with van der Waals surface area (Å²) >= 11 is 0. The fraction of sp³-hybridized carbons (Fsp3) is 0.333. The number of hydrogen-bond acceptors (Lipinski definition) is 4. The molecular weight excluding hydrogens is 448 g/mol. The van der Waals surface area contributed by atoms with Gasteiger partial charge in [0, 0.05) is 50.4 Å². The number of benzene rings is 2. The lowest BCUT2D eigenvalue weighted by Gasteiger charge is -2.35. The van der Waals surface area contributed by atoms with Gasteiger partial charge in [-0.05, 0) is 42.3 Å². The summed E-state index contributed by atoms with van der Waals surface area (Å²) in [5.41, 5.74) is 6.46. The van der Waals surface area contributed by atoms with E-state index in [4.69, 9.17) is 9.72 Å². The molecule has 36 heavy (non-hydrogen) atoms. The standard InChI is InChI=1S/C30H34N4O2/c1-4-36-26-12-8-11-24(19-26)25-13-14-28-31-29(23-9-6-5-7-10-23)27(34(28)20-25)21-32-15-17-33(18-16-32)30(35)22(2)3/h5-14,19-20,22H,4,15-18,21H2,1-3H3. The van der Waals surface area contributed by atoms with E-state index in [1.165, 1.54) is 5.69 Å². The molecule has 186 valence electrons. The maximum atomic E-state index is 12.5. The summed E-state index contributed by atoms with van der Waals surface area (Å²) < 4.78 is 7.96. The molecule has 1 aliphatic rings. The maximum absolute atomic E-state index is 12.5. The van der Waals surface area contributed by atoms with E-state index in [1.54, 1.807) is 0 Å². The predicted molar refractivity (Wildman–Crippen MR) is 144 cm³/mol.